The lowest BCUT2D eigenvalue weighted by Gasteiger charge is -2.29. The molecule has 1 aliphatic rings. The molecule has 6 heteroatoms. The van der Waals surface area contributed by atoms with Gasteiger partial charge < -0.3 is 14.6 Å². The van der Waals surface area contributed by atoms with E-state index in [1.807, 2.05) is 0 Å². The van der Waals surface area contributed by atoms with Gasteiger partial charge in [-0.3, -0.25) is 14.5 Å². The van der Waals surface area contributed by atoms with Crippen molar-refractivity contribution < 1.29 is 24.2 Å². The van der Waals surface area contributed by atoms with E-state index in [2.05, 4.69) is 9.47 Å². The van der Waals surface area contributed by atoms with Gasteiger partial charge in [0.2, 0.25) is 0 Å². The van der Waals surface area contributed by atoms with Gasteiger partial charge in [-0.15, -0.1) is 0 Å². The zero-order valence-electron chi connectivity index (χ0n) is 11.0. The van der Waals surface area contributed by atoms with Crippen LogP contribution in [-0.2, 0) is 19.1 Å². The first kappa shape index (κ1) is 14.9. The van der Waals surface area contributed by atoms with Gasteiger partial charge in [-0.2, -0.15) is 0 Å². The maximum Gasteiger partial charge on any atom is 0.319 e. The Bertz CT molecular complexity index is 281. The van der Waals surface area contributed by atoms with Crippen molar-refractivity contribution in [2.75, 3.05) is 33.9 Å². The van der Waals surface area contributed by atoms with E-state index >= 15 is 0 Å². The molecule has 0 aromatic rings. The van der Waals surface area contributed by atoms with Crippen LogP contribution < -0.4 is 0 Å². The van der Waals surface area contributed by atoms with E-state index in [4.69, 9.17) is 0 Å². The van der Waals surface area contributed by atoms with Crippen LogP contribution in [-0.4, -0.2) is 61.4 Å². The second kappa shape index (κ2) is 6.70. The molecule has 0 unspecified atom stereocenters. The quantitative estimate of drug-likeness (QED) is 0.673. The van der Waals surface area contributed by atoms with Gasteiger partial charge in [0.15, 0.2) is 0 Å². The first-order valence-electron chi connectivity index (χ1n) is 6.07. The minimum Gasteiger partial charge on any atom is -0.468 e. The number of hydrogen-bond donors (Lipinski definition) is 1. The maximum absolute atomic E-state index is 11.3. The van der Waals surface area contributed by atoms with Crippen LogP contribution in [0.25, 0.3) is 0 Å². The van der Waals surface area contributed by atoms with Gasteiger partial charge in [0.05, 0.1) is 32.9 Å². The summed E-state index contributed by atoms with van der Waals surface area (Å²) in [6, 6.07) is 0. The highest BCUT2D eigenvalue weighted by Gasteiger charge is 2.34. The third-order valence-corrected chi connectivity index (χ3v) is 3.21. The van der Waals surface area contributed by atoms with Gasteiger partial charge in [0.25, 0.3) is 0 Å². The van der Waals surface area contributed by atoms with Crippen molar-refractivity contribution in [3.63, 3.8) is 0 Å². The normalized spacial score (nSPS) is 17.8. The van der Waals surface area contributed by atoms with E-state index in [-0.39, 0.29) is 19.6 Å². The molecular formula is C12H21NO5. The molecule has 104 valence electrons. The number of rotatable bonds is 6. The Morgan fingerprint density at radius 2 is 1.56 bits per heavy atom. The van der Waals surface area contributed by atoms with Crippen LogP contribution in [0.3, 0.4) is 0 Å². The Hall–Kier alpha value is -1.14. The molecule has 0 saturated heterocycles. The Morgan fingerprint density at radius 1 is 1.11 bits per heavy atom. The smallest absolute Gasteiger partial charge is 0.319 e. The van der Waals surface area contributed by atoms with Crippen molar-refractivity contribution in [3.8, 4) is 0 Å². The molecule has 0 bridgehead atoms. The van der Waals surface area contributed by atoms with Crippen molar-refractivity contribution in [3.05, 3.63) is 0 Å². The van der Waals surface area contributed by atoms with Crippen LogP contribution in [0.4, 0.5) is 0 Å². The van der Waals surface area contributed by atoms with Crippen molar-refractivity contribution in [1.82, 2.24) is 4.90 Å². The predicted octanol–water partition coefficient (Wildman–Crippen LogP) is -0.0605. The maximum atomic E-state index is 11.3. The Kier molecular flexibility index (Phi) is 5.55. The Morgan fingerprint density at radius 3 is 1.94 bits per heavy atom. The molecule has 0 spiro atoms. The highest BCUT2D eigenvalue weighted by molar-refractivity contribution is 5.74. The molecule has 18 heavy (non-hydrogen) atoms. The Labute approximate surface area is 107 Å². The van der Waals surface area contributed by atoms with E-state index in [9.17, 15) is 14.7 Å². The monoisotopic (exact) mass is 259 g/mol. The lowest BCUT2D eigenvalue weighted by molar-refractivity contribution is -0.146. The van der Waals surface area contributed by atoms with Crippen LogP contribution >= 0.6 is 0 Å². The van der Waals surface area contributed by atoms with Gasteiger partial charge in [-0.1, -0.05) is 12.8 Å². The number of carbonyl (C=O) groups is 2. The SMILES string of the molecule is COC(=O)CN(CC(=O)OC)CC1(O)CCCC1. The van der Waals surface area contributed by atoms with Gasteiger partial charge in [-0.05, 0) is 12.8 Å². The first-order valence-corrected chi connectivity index (χ1v) is 6.07. The molecule has 0 aromatic carbocycles. The topological polar surface area (TPSA) is 76.1 Å². The number of aliphatic hydroxyl groups is 1. The molecule has 0 atom stereocenters. The zero-order chi connectivity index (χ0) is 13.6. The van der Waals surface area contributed by atoms with Crippen LogP contribution in [0.15, 0.2) is 0 Å². The molecule has 0 radical (unpaired) electrons. The molecule has 1 N–H and O–H groups in total. The molecule has 0 amide bonds. The second-order valence-electron chi connectivity index (χ2n) is 4.73. The molecule has 0 aromatic heterocycles. The molecule has 1 fully saturated rings. The summed E-state index contributed by atoms with van der Waals surface area (Å²) < 4.78 is 9.16. The standard InChI is InChI=1S/C12H21NO5/c1-17-10(14)7-13(8-11(15)18-2)9-12(16)5-3-4-6-12/h16H,3-9H2,1-2H3. The van der Waals surface area contributed by atoms with E-state index in [1.165, 1.54) is 14.2 Å². The summed E-state index contributed by atoms with van der Waals surface area (Å²) >= 11 is 0. The fourth-order valence-electron chi connectivity index (χ4n) is 2.27. The van der Waals surface area contributed by atoms with Crippen LogP contribution in [0.2, 0.25) is 0 Å². The molecule has 1 rings (SSSR count). The number of carbonyl (C=O) groups excluding carboxylic acids is 2. The lowest BCUT2D eigenvalue weighted by atomic mass is 10.0. The van der Waals surface area contributed by atoms with E-state index in [0.717, 1.165) is 12.8 Å². The number of nitrogens with zero attached hydrogens (tertiary/aromatic N) is 1. The lowest BCUT2D eigenvalue weighted by Crippen LogP contribution is -2.45. The van der Waals surface area contributed by atoms with Crippen molar-refractivity contribution in [2.45, 2.75) is 31.3 Å². The van der Waals surface area contributed by atoms with Crippen molar-refractivity contribution in [1.29, 1.82) is 0 Å². The minimum absolute atomic E-state index is 0.0199. The van der Waals surface area contributed by atoms with Crippen LogP contribution in [0.1, 0.15) is 25.7 Å². The number of hydrogen-bond acceptors (Lipinski definition) is 6. The number of ether oxygens (including phenoxy) is 2. The summed E-state index contributed by atoms with van der Waals surface area (Å²) in [5.74, 6) is -0.860. The summed E-state index contributed by atoms with van der Waals surface area (Å²) in [6.07, 6.45) is 3.35. The summed E-state index contributed by atoms with van der Waals surface area (Å²) in [5, 5.41) is 10.3. The minimum atomic E-state index is -0.804. The molecular weight excluding hydrogens is 238 g/mol. The molecule has 0 heterocycles. The predicted molar refractivity (Wildman–Crippen MR) is 63.9 cm³/mol. The van der Waals surface area contributed by atoms with Crippen molar-refractivity contribution in [2.24, 2.45) is 0 Å². The zero-order valence-corrected chi connectivity index (χ0v) is 11.0. The fraction of sp³-hybridized carbons (Fsp3) is 0.833. The molecule has 0 aliphatic heterocycles. The number of methoxy groups -OCH3 is 2. The van der Waals surface area contributed by atoms with Gasteiger partial charge in [-0.25, -0.2) is 0 Å². The average molecular weight is 259 g/mol. The summed E-state index contributed by atoms with van der Waals surface area (Å²) in [5.41, 5.74) is -0.804. The van der Waals surface area contributed by atoms with Crippen LogP contribution in [0.5, 0.6) is 0 Å². The van der Waals surface area contributed by atoms with E-state index < -0.39 is 17.5 Å². The molecule has 1 saturated carbocycles. The van der Waals surface area contributed by atoms with E-state index in [1.54, 1.807) is 4.90 Å². The second-order valence-corrected chi connectivity index (χ2v) is 4.73. The fourth-order valence-corrected chi connectivity index (χ4v) is 2.27. The third kappa shape index (κ3) is 4.62. The van der Waals surface area contributed by atoms with Gasteiger partial charge >= 0.3 is 11.9 Å². The highest BCUT2D eigenvalue weighted by atomic mass is 16.5. The molecule has 6 nitrogen and oxygen atoms in total. The third-order valence-electron chi connectivity index (χ3n) is 3.21. The average Bonchev–Trinajstić information content (AvgIpc) is 2.75. The molecule has 1 aliphatic carbocycles. The largest absolute Gasteiger partial charge is 0.468 e. The van der Waals surface area contributed by atoms with Gasteiger partial charge in [0.1, 0.15) is 0 Å². The summed E-state index contributed by atoms with van der Waals surface area (Å²) in [4.78, 5) is 24.1. The summed E-state index contributed by atoms with van der Waals surface area (Å²) in [7, 11) is 2.59. The first-order chi connectivity index (χ1) is 8.49. The van der Waals surface area contributed by atoms with Crippen molar-refractivity contribution >= 4 is 11.9 Å². The van der Waals surface area contributed by atoms with Crippen LogP contribution in [0, 0.1) is 0 Å². The van der Waals surface area contributed by atoms with Gasteiger partial charge in [0, 0.05) is 6.54 Å². The number of esters is 2. The highest BCUT2D eigenvalue weighted by Crippen LogP contribution is 2.30. The summed E-state index contributed by atoms with van der Waals surface area (Å²) in [6.45, 7) is 0.249. The Balaban J connectivity index is 2.58. The van der Waals surface area contributed by atoms with E-state index in [0.29, 0.717) is 12.8 Å².